The average molecular weight is 372 g/mol. The lowest BCUT2D eigenvalue weighted by atomic mass is 10.2. The summed E-state index contributed by atoms with van der Waals surface area (Å²) in [5.74, 6) is 1.77. The van der Waals surface area contributed by atoms with Gasteiger partial charge in [-0.3, -0.25) is 4.57 Å². The maximum Gasteiger partial charge on any atom is 0.232 e. The Balaban J connectivity index is 1.66. The lowest BCUT2D eigenvalue weighted by molar-refractivity contribution is 0.841. The number of thiazole rings is 1. The van der Waals surface area contributed by atoms with Gasteiger partial charge in [-0.25, -0.2) is 4.98 Å². The van der Waals surface area contributed by atoms with Gasteiger partial charge >= 0.3 is 0 Å². The van der Waals surface area contributed by atoms with Crippen molar-refractivity contribution in [2.24, 2.45) is 0 Å². The van der Waals surface area contributed by atoms with Crippen LogP contribution >= 0.6 is 23.1 Å². The van der Waals surface area contributed by atoms with E-state index >= 15 is 0 Å². The van der Waals surface area contributed by atoms with Gasteiger partial charge in [-0.2, -0.15) is 0 Å². The summed E-state index contributed by atoms with van der Waals surface area (Å²) in [7, 11) is 0. The van der Waals surface area contributed by atoms with E-state index < -0.39 is 0 Å². The molecule has 1 saturated heterocycles. The topological polar surface area (TPSA) is 46.8 Å². The van der Waals surface area contributed by atoms with E-state index in [4.69, 9.17) is 0 Å². The van der Waals surface area contributed by atoms with Crippen LogP contribution in [0.1, 0.15) is 29.1 Å². The third-order valence-corrected chi connectivity index (χ3v) is 6.10. The highest BCUT2D eigenvalue weighted by Gasteiger charge is 2.22. The Morgan fingerprint density at radius 1 is 1.08 bits per heavy atom. The van der Waals surface area contributed by atoms with Gasteiger partial charge in [0, 0.05) is 24.2 Å². The number of rotatable bonds is 5. The van der Waals surface area contributed by atoms with Gasteiger partial charge in [0.2, 0.25) is 5.95 Å². The number of hydrogen-bond acceptors (Lipinski definition) is 6. The Labute approximate surface area is 156 Å². The monoisotopic (exact) mass is 371 g/mol. The molecule has 4 rings (SSSR count). The van der Waals surface area contributed by atoms with Crippen LogP contribution in [0.25, 0.3) is 5.69 Å². The summed E-state index contributed by atoms with van der Waals surface area (Å²) in [6.07, 6.45) is 2.45. The van der Waals surface area contributed by atoms with Crippen LogP contribution in [0.2, 0.25) is 0 Å². The van der Waals surface area contributed by atoms with Crippen LogP contribution in [0.15, 0.2) is 34.8 Å². The smallest absolute Gasteiger partial charge is 0.232 e. The van der Waals surface area contributed by atoms with Crippen LogP contribution in [0, 0.1) is 13.8 Å². The molecular weight excluding hydrogens is 350 g/mol. The molecule has 1 aliphatic heterocycles. The molecule has 5 nitrogen and oxygen atoms in total. The summed E-state index contributed by atoms with van der Waals surface area (Å²) in [5, 5.41) is 13.2. The van der Waals surface area contributed by atoms with E-state index in [-0.39, 0.29) is 0 Å². The van der Waals surface area contributed by atoms with Gasteiger partial charge in [-0.15, -0.1) is 21.5 Å². The molecule has 0 spiro atoms. The van der Waals surface area contributed by atoms with Crippen LogP contribution in [0.5, 0.6) is 0 Å². The minimum atomic E-state index is 0.814. The van der Waals surface area contributed by atoms with E-state index in [0.29, 0.717) is 0 Å². The van der Waals surface area contributed by atoms with Gasteiger partial charge in [0.25, 0.3) is 0 Å². The minimum absolute atomic E-state index is 0.814. The Morgan fingerprint density at radius 3 is 2.52 bits per heavy atom. The standard InChI is InChI=1S/C18H21N5S2/c1-13-5-7-16(8-6-13)23-17(22-9-3-4-10-22)20-21-18(23)25-12-15-11-24-14(2)19-15/h5-8,11H,3-4,9-10,12H2,1-2H3. The third-order valence-electron chi connectivity index (χ3n) is 4.31. The van der Waals surface area contributed by atoms with Gasteiger partial charge in [0.05, 0.1) is 16.4 Å². The van der Waals surface area contributed by atoms with Crippen molar-refractivity contribution in [3.63, 3.8) is 0 Å². The number of anilines is 1. The number of hydrogen-bond donors (Lipinski definition) is 0. The number of aromatic nitrogens is 4. The Kier molecular flexibility index (Phi) is 4.76. The zero-order valence-corrected chi connectivity index (χ0v) is 16.1. The predicted octanol–water partition coefficient (Wildman–Crippen LogP) is 4.23. The van der Waals surface area contributed by atoms with E-state index in [2.05, 4.69) is 61.2 Å². The van der Waals surface area contributed by atoms with Gasteiger partial charge in [-0.1, -0.05) is 29.5 Å². The van der Waals surface area contributed by atoms with Gasteiger partial charge in [0.15, 0.2) is 5.16 Å². The largest absolute Gasteiger partial charge is 0.341 e. The van der Waals surface area contributed by atoms with E-state index in [1.807, 2.05) is 6.92 Å². The summed E-state index contributed by atoms with van der Waals surface area (Å²) in [6.45, 7) is 6.26. The van der Waals surface area contributed by atoms with Gasteiger partial charge in [0.1, 0.15) is 0 Å². The highest BCUT2D eigenvalue weighted by atomic mass is 32.2. The fourth-order valence-corrected chi connectivity index (χ4v) is 4.57. The highest BCUT2D eigenvalue weighted by molar-refractivity contribution is 7.98. The molecule has 0 saturated carbocycles. The third kappa shape index (κ3) is 3.57. The summed E-state index contributed by atoms with van der Waals surface area (Å²) in [4.78, 5) is 6.89. The van der Waals surface area contributed by atoms with Gasteiger partial charge in [-0.05, 0) is 38.8 Å². The quantitative estimate of drug-likeness (QED) is 0.628. The fraction of sp³-hybridized carbons (Fsp3) is 0.389. The first-order chi connectivity index (χ1) is 12.2. The van der Waals surface area contributed by atoms with Crippen molar-refractivity contribution in [2.75, 3.05) is 18.0 Å². The second-order valence-corrected chi connectivity index (χ2v) is 8.30. The Hall–Kier alpha value is -1.86. The van der Waals surface area contributed by atoms with Crippen LogP contribution < -0.4 is 4.90 Å². The van der Waals surface area contributed by atoms with Crippen molar-refractivity contribution in [2.45, 2.75) is 37.6 Å². The number of nitrogens with zero attached hydrogens (tertiary/aromatic N) is 5. The zero-order valence-electron chi connectivity index (χ0n) is 14.5. The maximum atomic E-state index is 4.55. The van der Waals surface area contributed by atoms with Crippen LogP contribution in [-0.4, -0.2) is 32.8 Å². The summed E-state index contributed by atoms with van der Waals surface area (Å²) >= 11 is 3.39. The molecule has 0 amide bonds. The van der Waals surface area contributed by atoms with Crippen molar-refractivity contribution in [1.29, 1.82) is 0 Å². The molecule has 0 radical (unpaired) electrons. The molecule has 0 aliphatic carbocycles. The van der Waals surface area contributed by atoms with Crippen molar-refractivity contribution < 1.29 is 0 Å². The van der Waals surface area contributed by atoms with Crippen LogP contribution in [0.3, 0.4) is 0 Å². The molecule has 0 unspecified atom stereocenters. The first-order valence-electron chi connectivity index (χ1n) is 8.52. The average Bonchev–Trinajstić information content (AvgIpc) is 3.34. The SMILES string of the molecule is Cc1ccc(-n2c(SCc3csc(C)n3)nnc2N2CCCC2)cc1. The molecular formula is C18H21N5S2. The van der Waals surface area contributed by atoms with E-state index in [1.54, 1.807) is 23.1 Å². The molecule has 3 aromatic rings. The van der Waals surface area contributed by atoms with Crippen molar-refractivity contribution in [3.8, 4) is 5.69 Å². The molecule has 1 fully saturated rings. The molecule has 130 valence electrons. The highest BCUT2D eigenvalue weighted by Crippen LogP contribution is 2.30. The van der Waals surface area contributed by atoms with Crippen molar-refractivity contribution in [3.05, 3.63) is 45.9 Å². The maximum absolute atomic E-state index is 4.55. The number of benzene rings is 1. The normalized spacial score (nSPS) is 14.4. The first-order valence-corrected chi connectivity index (χ1v) is 10.4. The molecule has 1 aliphatic rings. The Morgan fingerprint density at radius 2 is 1.84 bits per heavy atom. The first kappa shape index (κ1) is 16.6. The van der Waals surface area contributed by atoms with E-state index in [0.717, 1.165) is 46.3 Å². The Bertz CT molecular complexity index is 847. The van der Waals surface area contributed by atoms with E-state index in [1.165, 1.54) is 18.4 Å². The van der Waals surface area contributed by atoms with Crippen molar-refractivity contribution >= 4 is 29.0 Å². The zero-order chi connectivity index (χ0) is 17.2. The molecule has 7 heteroatoms. The molecule has 0 bridgehead atoms. The molecule has 1 aromatic carbocycles. The number of thioether (sulfide) groups is 1. The number of aryl methyl sites for hydroxylation is 2. The summed E-state index contributed by atoms with van der Waals surface area (Å²) in [5.41, 5.74) is 3.48. The van der Waals surface area contributed by atoms with Crippen LogP contribution in [0.4, 0.5) is 5.95 Å². The fourth-order valence-electron chi connectivity index (χ4n) is 3.01. The predicted molar refractivity (Wildman–Crippen MR) is 104 cm³/mol. The molecule has 2 aromatic heterocycles. The lowest BCUT2D eigenvalue weighted by Gasteiger charge is -2.18. The summed E-state index contributed by atoms with van der Waals surface area (Å²) < 4.78 is 2.19. The molecule has 25 heavy (non-hydrogen) atoms. The minimum Gasteiger partial charge on any atom is -0.341 e. The second-order valence-electron chi connectivity index (χ2n) is 6.29. The summed E-state index contributed by atoms with van der Waals surface area (Å²) in [6, 6.07) is 8.58. The van der Waals surface area contributed by atoms with Crippen LogP contribution in [-0.2, 0) is 5.75 Å². The molecule has 0 N–H and O–H groups in total. The second kappa shape index (κ2) is 7.17. The lowest BCUT2D eigenvalue weighted by Crippen LogP contribution is -2.22. The van der Waals surface area contributed by atoms with Crippen molar-refractivity contribution in [1.82, 2.24) is 19.7 Å². The van der Waals surface area contributed by atoms with Gasteiger partial charge < -0.3 is 4.90 Å². The van der Waals surface area contributed by atoms with E-state index in [9.17, 15) is 0 Å². The molecule has 3 heterocycles. The molecule has 0 atom stereocenters.